The summed E-state index contributed by atoms with van der Waals surface area (Å²) >= 11 is 0. The molecule has 0 spiro atoms. The van der Waals surface area contributed by atoms with E-state index in [0.717, 1.165) is 5.56 Å². The van der Waals surface area contributed by atoms with Crippen LogP contribution in [0.5, 0.6) is 17.2 Å². The molecule has 0 radical (unpaired) electrons. The van der Waals surface area contributed by atoms with Gasteiger partial charge in [-0.05, 0) is 48.4 Å². The number of allylic oxidation sites excluding steroid dienone is 1. The first kappa shape index (κ1) is 20.2. The Bertz CT molecular complexity index is 852. The van der Waals surface area contributed by atoms with Crippen molar-refractivity contribution < 1.29 is 29.9 Å². The number of methoxy groups -OCH3 is 1. The first-order valence-electron chi connectivity index (χ1n) is 8.23. The number of benzene rings is 2. The molecule has 2 aromatic carbocycles. The summed E-state index contributed by atoms with van der Waals surface area (Å²) in [5.41, 5.74) is 1.72. The number of carbonyl (C=O) groups excluding carboxylic acids is 1. The lowest BCUT2D eigenvalue weighted by molar-refractivity contribution is -0.268. The molecule has 27 heavy (non-hydrogen) atoms. The second-order valence-corrected chi connectivity index (χ2v) is 6.08. The van der Waals surface area contributed by atoms with E-state index in [4.69, 9.17) is 9.99 Å². The molecule has 2 aromatic rings. The number of hydrogen-bond donors (Lipinski definition) is 3. The lowest BCUT2D eigenvalue weighted by Gasteiger charge is -2.17. The molecular formula is C21H22O6. The molecule has 2 rings (SSSR count). The molecular weight excluding hydrogens is 348 g/mol. The molecule has 0 amide bonds. The third kappa shape index (κ3) is 4.97. The molecule has 0 aliphatic heterocycles. The Morgan fingerprint density at radius 3 is 2.41 bits per heavy atom. The monoisotopic (exact) mass is 370 g/mol. The van der Waals surface area contributed by atoms with Gasteiger partial charge in [-0.25, -0.2) is 4.89 Å². The SMILES string of the molecule is C=C(C)[C@H](Cc1c(OC)ccc(C(=O)/C=C/c2ccc(O)cc2)c1O)OO. The second-order valence-electron chi connectivity index (χ2n) is 6.08. The zero-order valence-electron chi connectivity index (χ0n) is 15.2. The molecule has 0 fully saturated rings. The molecule has 142 valence electrons. The molecule has 0 aliphatic carbocycles. The summed E-state index contributed by atoms with van der Waals surface area (Å²) in [6, 6.07) is 9.39. The van der Waals surface area contributed by atoms with Crippen molar-refractivity contribution in [3.05, 3.63) is 71.3 Å². The van der Waals surface area contributed by atoms with Crippen LogP contribution in [0.25, 0.3) is 6.08 Å². The Morgan fingerprint density at radius 1 is 1.19 bits per heavy atom. The van der Waals surface area contributed by atoms with Gasteiger partial charge in [0, 0.05) is 12.0 Å². The van der Waals surface area contributed by atoms with Crippen LogP contribution in [0.1, 0.15) is 28.4 Å². The average molecular weight is 370 g/mol. The molecule has 0 saturated carbocycles. The lowest BCUT2D eigenvalue weighted by Crippen LogP contribution is -2.16. The third-order valence-corrected chi connectivity index (χ3v) is 4.11. The standard InChI is InChI=1S/C21H22O6/c1-13(2)20(27-25)12-17-19(26-3)11-9-16(21(17)24)18(23)10-6-14-4-7-15(22)8-5-14/h4-11,20,22,24-25H,1,12H2,2-3H3/b10-6+/t20-/m0/s1. The smallest absolute Gasteiger partial charge is 0.189 e. The van der Waals surface area contributed by atoms with Crippen LogP contribution >= 0.6 is 0 Å². The Hall–Kier alpha value is -3.09. The molecule has 0 saturated heterocycles. The van der Waals surface area contributed by atoms with Gasteiger partial charge in [-0.2, -0.15) is 0 Å². The number of rotatable bonds is 8. The van der Waals surface area contributed by atoms with Crippen LogP contribution in [0.3, 0.4) is 0 Å². The van der Waals surface area contributed by atoms with Crippen molar-refractivity contribution in [1.29, 1.82) is 0 Å². The fourth-order valence-electron chi connectivity index (χ4n) is 2.54. The number of aromatic hydroxyl groups is 2. The zero-order chi connectivity index (χ0) is 20.0. The molecule has 0 unspecified atom stereocenters. The van der Waals surface area contributed by atoms with Crippen molar-refractivity contribution in [3.8, 4) is 17.2 Å². The number of carbonyl (C=O) groups is 1. The first-order valence-corrected chi connectivity index (χ1v) is 8.23. The van der Waals surface area contributed by atoms with E-state index in [-0.39, 0.29) is 23.5 Å². The minimum Gasteiger partial charge on any atom is -0.508 e. The summed E-state index contributed by atoms with van der Waals surface area (Å²) in [6.45, 7) is 5.41. The second kappa shape index (κ2) is 9.02. The molecule has 1 atom stereocenters. The van der Waals surface area contributed by atoms with Crippen molar-refractivity contribution in [3.63, 3.8) is 0 Å². The summed E-state index contributed by atoms with van der Waals surface area (Å²) in [4.78, 5) is 16.9. The van der Waals surface area contributed by atoms with E-state index in [1.54, 1.807) is 31.2 Å². The van der Waals surface area contributed by atoms with Crippen LogP contribution < -0.4 is 4.74 Å². The van der Waals surface area contributed by atoms with Crippen molar-refractivity contribution in [2.75, 3.05) is 7.11 Å². The van der Waals surface area contributed by atoms with Gasteiger partial charge in [0.25, 0.3) is 0 Å². The van der Waals surface area contributed by atoms with Gasteiger partial charge in [0.2, 0.25) is 0 Å². The highest BCUT2D eigenvalue weighted by molar-refractivity contribution is 6.09. The quantitative estimate of drug-likeness (QED) is 0.214. The summed E-state index contributed by atoms with van der Waals surface area (Å²) in [7, 11) is 1.44. The average Bonchev–Trinajstić information content (AvgIpc) is 2.65. The number of phenols is 2. The zero-order valence-corrected chi connectivity index (χ0v) is 15.2. The van der Waals surface area contributed by atoms with E-state index in [9.17, 15) is 15.0 Å². The molecule has 0 heterocycles. The summed E-state index contributed by atoms with van der Waals surface area (Å²) in [6.07, 6.45) is 2.25. The van der Waals surface area contributed by atoms with Gasteiger partial charge in [0.15, 0.2) is 5.78 Å². The minimum atomic E-state index is -0.748. The van der Waals surface area contributed by atoms with Gasteiger partial charge in [-0.15, -0.1) is 0 Å². The van der Waals surface area contributed by atoms with E-state index < -0.39 is 11.9 Å². The number of ketones is 1. The maximum atomic E-state index is 12.5. The predicted molar refractivity (Wildman–Crippen MR) is 102 cm³/mol. The van der Waals surface area contributed by atoms with Crippen LogP contribution in [0.15, 0.2) is 54.6 Å². The number of ether oxygens (including phenoxy) is 1. The van der Waals surface area contributed by atoms with Crippen molar-refractivity contribution in [1.82, 2.24) is 0 Å². The molecule has 3 N–H and O–H groups in total. The first-order chi connectivity index (χ1) is 12.9. The highest BCUT2D eigenvalue weighted by Gasteiger charge is 2.21. The molecule has 6 heteroatoms. The van der Waals surface area contributed by atoms with E-state index in [0.29, 0.717) is 16.9 Å². The Morgan fingerprint density at radius 2 is 1.85 bits per heavy atom. The van der Waals surface area contributed by atoms with Crippen molar-refractivity contribution in [2.45, 2.75) is 19.4 Å². The molecule has 6 nitrogen and oxygen atoms in total. The lowest BCUT2D eigenvalue weighted by atomic mass is 9.97. The minimum absolute atomic E-state index is 0.0869. The highest BCUT2D eigenvalue weighted by atomic mass is 17.1. The maximum Gasteiger partial charge on any atom is 0.189 e. The Balaban J connectivity index is 2.33. The van der Waals surface area contributed by atoms with Gasteiger partial charge in [0.1, 0.15) is 23.4 Å². The van der Waals surface area contributed by atoms with Gasteiger partial charge in [-0.1, -0.05) is 24.8 Å². The summed E-state index contributed by atoms with van der Waals surface area (Å²) < 4.78 is 5.25. The highest BCUT2D eigenvalue weighted by Crippen LogP contribution is 2.34. The summed E-state index contributed by atoms with van der Waals surface area (Å²) in [5.74, 6) is -0.136. The normalized spacial score (nSPS) is 12.1. The van der Waals surface area contributed by atoms with Gasteiger partial charge in [-0.3, -0.25) is 10.1 Å². The number of phenolic OH excluding ortho intramolecular Hbond substituents is 2. The van der Waals surface area contributed by atoms with E-state index in [1.165, 1.54) is 31.4 Å². The molecule has 0 aromatic heterocycles. The van der Waals surface area contributed by atoms with Crippen LogP contribution in [-0.2, 0) is 11.3 Å². The largest absolute Gasteiger partial charge is 0.508 e. The van der Waals surface area contributed by atoms with E-state index in [2.05, 4.69) is 11.5 Å². The van der Waals surface area contributed by atoms with Crippen molar-refractivity contribution in [2.24, 2.45) is 0 Å². The fourth-order valence-corrected chi connectivity index (χ4v) is 2.54. The maximum absolute atomic E-state index is 12.5. The third-order valence-electron chi connectivity index (χ3n) is 4.11. The Kier molecular flexibility index (Phi) is 6.76. The number of hydrogen-bond acceptors (Lipinski definition) is 6. The molecule has 0 bridgehead atoms. The van der Waals surface area contributed by atoms with Crippen LogP contribution in [0, 0.1) is 0 Å². The van der Waals surface area contributed by atoms with E-state index >= 15 is 0 Å². The fraction of sp³-hybridized carbons (Fsp3) is 0.190. The van der Waals surface area contributed by atoms with Gasteiger partial charge >= 0.3 is 0 Å². The van der Waals surface area contributed by atoms with Crippen molar-refractivity contribution >= 4 is 11.9 Å². The van der Waals surface area contributed by atoms with Gasteiger partial charge < -0.3 is 14.9 Å². The predicted octanol–water partition coefficient (Wildman–Crippen LogP) is 3.98. The van der Waals surface area contributed by atoms with Gasteiger partial charge in [0.05, 0.1) is 12.7 Å². The Labute approximate surface area is 157 Å². The van der Waals surface area contributed by atoms with Crippen LogP contribution in [0.2, 0.25) is 0 Å². The topological polar surface area (TPSA) is 96.2 Å². The van der Waals surface area contributed by atoms with E-state index in [1.807, 2.05) is 0 Å². The molecule has 0 aliphatic rings. The van der Waals surface area contributed by atoms with Crippen LogP contribution in [0.4, 0.5) is 0 Å². The summed E-state index contributed by atoms with van der Waals surface area (Å²) in [5, 5.41) is 28.9. The van der Waals surface area contributed by atoms with Crippen LogP contribution in [-0.4, -0.2) is 34.5 Å².